The molecule has 0 bridgehead atoms. The molecule has 0 aliphatic carbocycles. The molecule has 3 aliphatic rings. The summed E-state index contributed by atoms with van der Waals surface area (Å²) in [6.07, 6.45) is 72.0. The lowest BCUT2D eigenvalue weighted by atomic mass is 9.96. The predicted molar refractivity (Wildman–Crippen MR) is 466 cm³/mol. The van der Waals surface area contributed by atoms with Crippen LogP contribution in [0, 0.1) is 0 Å². The first-order valence-corrected chi connectivity index (χ1v) is 48.7. The van der Waals surface area contributed by atoms with E-state index >= 15 is 0 Å². The molecular formula is C96H181NO18. The molecule has 3 fully saturated rings. The number of allylic oxidation sites excluding steroid dienone is 5. The van der Waals surface area contributed by atoms with Crippen molar-refractivity contribution in [3.8, 4) is 0 Å². The van der Waals surface area contributed by atoms with Crippen molar-refractivity contribution >= 4 is 5.91 Å². The van der Waals surface area contributed by atoms with E-state index in [0.717, 1.165) is 44.9 Å². The quantitative estimate of drug-likeness (QED) is 0.0199. The topological polar surface area (TPSA) is 307 Å². The van der Waals surface area contributed by atoms with Crippen molar-refractivity contribution in [1.82, 2.24) is 5.32 Å². The fourth-order valence-corrected chi connectivity index (χ4v) is 16.7. The summed E-state index contributed by atoms with van der Waals surface area (Å²) in [5, 5.41) is 121. The Balaban J connectivity index is 1.29. The molecule has 1 amide bonds. The van der Waals surface area contributed by atoms with Gasteiger partial charge in [-0.05, 0) is 44.9 Å². The highest BCUT2D eigenvalue weighted by Crippen LogP contribution is 2.34. The molecule has 0 aromatic heterocycles. The zero-order valence-electron chi connectivity index (χ0n) is 73.6. The van der Waals surface area contributed by atoms with Gasteiger partial charge < -0.3 is 89.9 Å². The van der Waals surface area contributed by atoms with Gasteiger partial charge in [-0.2, -0.15) is 0 Å². The maximum Gasteiger partial charge on any atom is 0.220 e. The van der Waals surface area contributed by atoms with Crippen LogP contribution < -0.4 is 5.32 Å². The zero-order chi connectivity index (χ0) is 83.1. The van der Waals surface area contributed by atoms with E-state index in [1.807, 2.05) is 6.08 Å². The van der Waals surface area contributed by atoms with Crippen molar-refractivity contribution in [2.24, 2.45) is 0 Å². The molecule has 115 heavy (non-hydrogen) atoms. The van der Waals surface area contributed by atoms with Crippen molar-refractivity contribution in [3.05, 3.63) is 36.5 Å². The Morgan fingerprint density at radius 1 is 0.304 bits per heavy atom. The van der Waals surface area contributed by atoms with E-state index in [2.05, 4.69) is 43.5 Å². The van der Waals surface area contributed by atoms with Gasteiger partial charge in [-0.1, -0.05) is 423 Å². The molecule has 0 radical (unpaired) electrons. The molecule has 19 heteroatoms. The number of aliphatic hydroxyl groups excluding tert-OH is 11. The second-order valence-electron chi connectivity index (χ2n) is 34.9. The molecule has 0 spiro atoms. The van der Waals surface area contributed by atoms with Gasteiger partial charge in [-0.3, -0.25) is 4.79 Å². The Labute approximate surface area is 701 Å². The van der Waals surface area contributed by atoms with E-state index < -0.39 is 124 Å². The molecule has 3 rings (SSSR count). The molecular weight excluding hydrogens is 1460 g/mol. The normalized spacial score (nSPS) is 24.7. The van der Waals surface area contributed by atoms with Crippen molar-refractivity contribution in [2.45, 2.75) is 542 Å². The molecule has 19 nitrogen and oxygen atoms in total. The lowest BCUT2D eigenvalue weighted by Crippen LogP contribution is -2.66. The molecule has 17 unspecified atom stereocenters. The van der Waals surface area contributed by atoms with E-state index in [9.17, 15) is 61.0 Å². The predicted octanol–water partition coefficient (Wildman–Crippen LogP) is 19.8. The minimum Gasteiger partial charge on any atom is -0.394 e. The standard InChI is InChI=1S/C96H181NO18/c1-3-5-7-9-11-13-15-17-19-21-23-25-27-29-31-33-34-35-36-37-38-39-40-41-42-43-44-46-48-50-52-54-56-58-60-62-64-66-68-70-72-74-84(102)97-79(80(101)73-71-69-67-65-63-61-59-57-55-53-51-49-47-45-32-30-28-26-24-22-20-18-16-14-12-10-8-6-4-2)78-110-94-90(108)87(105)92(82(76-99)112-94)115-96-91(109)88(106)93(83(77-100)113-96)114-95-89(107)86(104)85(103)81(75-98)111-95/h55,57,63,65,71,73,79-83,85-96,98-101,103-109H,3-54,56,58-62,64,66-70,72,74-78H2,1-2H3,(H,97,102)/b57-55+,65-63+,73-71+. The van der Waals surface area contributed by atoms with Gasteiger partial charge in [0, 0.05) is 6.42 Å². The lowest BCUT2D eigenvalue weighted by Gasteiger charge is -2.48. The van der Waals surface area contributed by atoms with Gasteiger partial charge in [0.25, 0.3) is 0 Å². The number of carbonyl (C=O) groups excluding carboxylic acids is 1. The lowest BCUT2D eigenvalue weighted by molar-refractivity contribution is -0.379. The minimum absolute atomic E-state index is 0.237. The van der Waals surface area contributed by atoms with Crippen LogP contribution in [-0.4, -0.2) is 193 Å². The van der Waals surface area contributed by atoms with E-state index in [1.54, 1.807) is 6.08 Å². The van der Waals surface area contributed by atoms with Crippen LogP contribution >= 0.6 is 0 Å². The molecule has 678 valence electrons. The molecule has 3 aliphatic heterocycles. The molecule has 0 saturated carbocycles. The second kappa shape index (κ2) is 75.7. The Hall–Kier alpha value is -1.99. The van der Waals surface area contributed by atoms with Crippen LogP contribution in [0.25, 0.3) is 0 Å². The van der Waals surface area contributed by atoms with Gasteiger partial charge in [0.1, 0.15) is 73.2 Å². The maximum atomic E-state index is 13.5. The third kappa shape index (κ3) is 53.6. The van der Waals surface area contributed by atoms with Crippen LogP contribution in [0.1, 0.15) is 438 Å². The first kappa shape index (κ1) is 107. The number of rotatable bonds is 81. The van der Waals surface area contributed by atoms with Crippen LogP contribution in [0.5, 0.6) is 0 Å². The third-order valence-corrected chi connectivity index (χ3v) is 24.4. The van der Waals surface area contributed by atoms with Crippen molar-refractivity contribution < 1.29 is 89.4 Å². The van der Waals surface area contributed by atoms with E-state index in [0.29, 0.717) is 12.8 Å². The summed E-state index contributed by atoms with van der Waals surface area (Å²) in [6.45, 7) is 1.79. The van der Waals surface area contributed by atoms with E-state index in [-0.39, 0.29) is 18.9 Å². The van der Waals surface area contributed by atoms with Gasteiger partial charge in [0.2, 0.25) is 5.91 Å². The van der Waals surface area contributed by atoms with Gasteiger partial charge in [0.05, 0.1) is 38.6 Å². The molecule has 17 atom stereocenters. The number of amides is 1. The van der Waals surface area contributed by atoms with Gasteiger partial charge in [-0.25, -0.2) is 0 Å². The fourth-order valence-electron chi connectivity index (χ4n) is 16.7. The number of hydrogen-bond donors (Lipinski definition) is 12. The number of carbonyl (C=O) groups is 1. The number of hydrogen-bond acceptors (Lipinski definition) is 18. The summed E-state index contributed by atoms with van der Waals surface area (Å²) in [6, 6.07) is -0.997. The van der Waals surface area contributed by atoms with Crippen LogP contribution in [0.2, 0.25) is 0 Å². The van der Waals surface area contributed by atoms with Gasteiger partial charge >= 0.3 is 0 Å². The van der Waals surface area contributed by atoms with Crippen LogP contribution in [0.3, 0.4) is 0 Å². The second-order valence-corrected chi connectivity index (χ2v) is 34.9. The number of ether oxygens (including phenoxy) is 6. The van der Waals surface area contributed by atoms with Crippen LogP contribution in [-0.2, 0) is 33.2 Å². The van der Waals surface area contributed by atoms with E-state index in [1.165, 1.54) is 360 Å². The SMILES string of the molecule is CCCCCCCCCCCCCCCCCCCCC/C=C/CC/C=C/CC/C=C/C(O)C(COC1OC(CO)C(OC2OC(CO)C(OC3OC(CO)C(O)C(O)C3O)C(O)C2O)C(O)C1O)NC(=O)CCCCCCCCCCCCCCCCCCCCCCCCCCCCCCCCCCCCCCCCCCC. The molecule has 3 saturated heterocycles. The smallest absolute Gasteiger partial charge is 0.220 e. The largest absolute Gasteiger partial charge is 0.394 e. The summed E-state index contributed by atoms with van der Waals surface area (Å²) in [7, 11) is 0. The Morgan fingerprint density at radius 2 is 0.557 bits per heavy atom. The molecule has 0 aromatic carbocycles. The van der Waals surface area contributed by atoms with Crippen molar-refractivity contribution in [3.63, 3.8) is 0 Å². The highest BCUT2D eigenvalue weighted by molar-refractivity contribution is 5.76. The summed E-state index contributed by atoms with van der Waals surface area (Å²) < 4.78 is 34.5. The van der Waals surface area contributed by atoms with E-state index in [4.69, 9.17) is 28.4 Å². The average molecular weight is 1640 g/mol. The molecule has 3 heterocycles. The van der Waals surface area contributed by atoms with Gasteiger partial charge in [-0.15, -0.1) is 0 Å². The molecule has 12 N–H and O–H groups in total. The summed E-state index contributed by atoms with van der Waals surface area (Å²) in [5.74, 6) is -0.280. The highest BCUT2D eigenvalue weighted by Gasteiger charge is 2.54. The zero-order valence-corrected chi connectivity index (χ0v) is 73.6. The number of nitrogens with one attached hydrogen (secondary N) is 1. The summed E-state index contributed by atoms with van der Waals surface area (Å²) in [4.78, 5) is 13.5. The Kier molecular flexibility index (Phi) is 70.6. The average Bonchev–Trinajstić information content (AvgIpc) is 0.781. The minimum atomic E-state index is -1.98. The first-order valence-electron chi connectivity index (χ1n) is 48.7. The maximum absolute atomic E-state index is 13.5. The monoisotopic (exact) mass is 1640 g/mol. The Morgan fingerprint density at radius 3 is 0.870 bits per heavy atom. The fraction of sp³-hybridized carbons (Fsp3) is 0.927. The Bertz CT molecular complexity index is 2210. The molecule has 0 aromatic rings. The van der Waals surface area contributed by atoms with Crippen LogP contribution in [0.4, 0.5) is 0 Å². The number of aliphatic hydroxyl groups is 11. The summed E-state index contributed by atoms with van der Waals surface area (Å²) in [5.41, 5.74) is 0. The van der Waals surface area contributed by atoms with Gasteiger partial charge in [0.15, 0.2) is 18.9 Å². The first-order chi connectivity index (χ1) is 56.3. The van der Waals surface area contributed by atoms with Crippen LogP contribution in [0.15, 0.2) is 36.5 Å². The summed E-state index contributed by atoms with van der Waals surface area (Å²) >= 11 is 0. The van der Waals surface area contributed by atoms with Crippen molar-refractivity contribution in [1.29, 1.82) is 0 Å². The van der Waals surface area contributed by atoms with Crippen molar-refractivity contribution in [2.75, 3.05) is 26.4 Å². The highest BCUT2D eigenvalue weighted by atomic mass is 16.8. The number of unbranched alkanes of at least 4 members (excludes halogenated alkanes) is 61. The third-order valence-electron chi connectivity index (χ3n) is 24.4.